The predicted molar refractivity (Wildman–Crippen MR) is 89.1 cm³/mol. The van der Waals surface area contributed by atoms with Crippen molar-refractivity contribution in [2.45, 2.75) is 25.4 Å². The first-order valence-corrected chi connectivity index (χ1v) is 7.90. The van der Waals surface area contributed by atoms with Gasteiger partial charge in [0.15, 0.2) is 0 Å². The molecule has 122 valence electrons. The van der Waals surface area contributed by atoms with Crippen molar-refractivity contribution < 1.29 is 9.53 Å². The maximum absolute atomic E-state index is 12.5. The fourth-order valence-electron chi connectivity index (χ4n) is 3.43. The molecule has 2 unspecified atom stereocenters. The number of hydrogen-bond acceptors (Lipinski definition) is 3. The summed E-state index contributed by atoms with van der Waals surface area (Å²) < 4.78 is 5.54. The van der Waals surface area contributed by atoms with E-state index in [4.69, 9.17) is 10.5 Å². The van der Waals surface area contributed by atoms with Crippen LogP contribution in [0.4, 0.5) is 0 Å². The highest BCUT2D eigenvalue weighted by Gasteiger charge is 2.48. The van der Waals surface area contributed by atoms with Crippen LogP contribution in [0.3, 0.4) is 0 Å². The molecule has 0 aromatic heterocycles. The summed E-state index contributed by atoms with van der Waals surface area (Å²) in [7, 11) is 0. The normalized spacial score (nSPS) is 30.0. The van der Waals surface area contributed by atoms with Crippen molar-refractivity contribution in [3.05, 3.63) is 35.9 Å². The smallest absolute Gasteiger partial charge is 0.228 e. The van der Waals surface area contributed by atoms with E-state index in [1.165, 1.54) is 5.56 Å². The van der Waals surface area contributed by atoms with Crippen LogP contribution in [0.1, 0.15) is 24.8 Å². The average molecular weight is 325 g/mol. The standard InChI is InChI=1S/C17H24N2O2.ClH/c1-2-21-16-8-14(16)17(20)19-10-13(9-18)15(11-19)12-6-4-3-5-7-12;/h3-7,13-16H,2,8-11,18H2,1H3;1H/t13-,14?,15+,16?;/m1./s1. The van der Waals surface area contributed by atoms with Crippen molar-refractivity contribution in [1.82, 2.24) is 4.90 Å². The van der Waals surface area contributed by atoms with E-state index >= 15 is 0 Å². The van der Waals surface area contributed by atoms with Crippen molar-refractivity contribution >= 4 is 18.3 Å². The van der Waals surface area contributed by atoms with Gasteiger partial charge in [0.2, 0.25) is 5.91 Å². The zero-order chi connectivity index (χ0) is 14.8. The number of ether oxygens (including phenoxy) is 1. The molecule has 1 saturated carbocycles. The third-order valence-electron chi connectivity index (χ3n) is 4.71. The topological polar surface area (TPSA) is 55.6 Å². The lowest BCUT2D eigenvalue weighted by Gasteiger charge is -2.17. The molecule has 4 nitrogen and oxygen atoms in total. The van der Waals surface area contributed by atoms with E-state index in [0.29, 0.717) is 25.0 Å². The summed E-state index contributed by atoms with van der Waals surface area (Å²) in [5.41, 5.74) is 7.22. The van der Waals surface area contributed by atoms with Gasteiger partial charge in [-0.15, -0.1) is 12.4 Å². The predicted octanol–water partition coefficient (Wildman–Crippen LogP) is 2.03. The second-order valence-electron chi connectivity index (χ2n) is 6.09. The molecule has 1 saturated heterocycles. The summed E-state index contributed by atoms with van der Waals surface area (Å²) in [6.07, 6.45) is 1.03. The number of benzene rings is 1. The van der Waals surface area contributed by atoms with Gasteiger partial charge in [0.1, 0.15) is 0 Å². The van der Waals surface area contributed by atoms with Gasteiger partial charge in [-0.1, -0.05) is 30.3 Å². The van der Waals surface area contributed by atoms with E-state index in [9.17, 15) is 4.79 Å². The van der Waals surface area contributed by atoms with E-state index in [1.54, 1.807) is 0 Å². The Morgan fingerprint density at radius 2 is 2.05 bits per heavy atom. The molecule has 2 aliphatic rings. The third-order valence-corrected chi connectivity index (χ3v) is 4.71. The lowest BCUT2D eigenvalue weighted by Crippen LogP contribution is -2.32. The number of carbonyl (C=O) groups is 1. The van der Waals surface area contributed by atoms with Crippen LogP contribution in [-0.4, -0.2) is 43.2 Å². The maximum atomic E-state index is 12.5. The number of carbonyl (C=O) groups excluding carboxylic acids is 1. The van der Waals surface area contributed by atoms with Gasteiger partial charge >= 0.3 is 0 Å². The summed E-state index contributed by atoms with van der Waals surface area (Å²) >= 11 is 0. The summed E-state index contributed by atoms with van der Waals surface area (Å²) in [5.74, 6) is 1.06. The zero-order valence-electron chi connectivity index (χ0n) is 13.0. The molecule has 3 rings (SSSR count). The van der Waals surface area contributed by atoms with E-state index in [-0.39, 0.29) is 30.3 Å². The van der Waals surface area contributed by atoms with Crippen LogP contribution in [0.25, 0.3) is 0 Å². The van der Waals surface area contributed by atoms with Crippen LogP contribution in [-0.2, 0) is 9.53 Å². The second-order valence-corrected chi connectivity index (χ2v) is 6.09. The molecule has 1 aromatic rings. The van der Waals surface area contributed by atoms with Crippen molar-refractivity contribution in [3.63, 3.8) is 0 Å². The van der Waals surface area contributed by atoms with Gasteiger partial charge in [0.25, 0.3) is 0 Å². The third kappa shape index (κ3) is 3.45. The molecule has 2 fully saturated rings. The highest BCUT2D eigenvalue weighted by Crippen LogP contribution is 2.39. The highest BCUT2D eigenvalue weighted by atomic mass is 35.5. The fraction of sp³-hybridized carbons (Fsp3) is 0.588. The van der Waals surface area contributed by atoms with Gasteiger partial charge in [-0.05, 0) is 31.4 Å². The lowest BCUT2D eigenvalue weighted by atomic mass is 9.89. The number of likely N-dealkylation sites (tertiary alicyclic amines) is 1. The molecule has 1 amide bonds. The molecule has 1 aromatic carbocycles. The Hall–Kier alpha value is -1.10. The minimum absolute atomic E-state index is 0. The molecule has 2 N–H and O–H groups in total. The number of nitrogens with zero attached hydrogens (tertiary/aromatic N) is 1. The van der Waals surface area contributed by atoms with Gasteiger partial charge in [-0.3, -0.25) is 4.79 Å². The molecule has 22 heavy (non-hydrogen) atoms. The molecular formula is C17H25ClN2O2. The number of nitrogens with two attached hydrogens (primary N) is 1. The molecule has 4 atom stereocenters. The van der Waals surface area contributed by atoms with Gasteiger partial charge in [-0.25, -0.2) is 0 Å². The lowest BCUT2D eigenvalue weighted by molar-refractivity contribution is -0.132. The highest BCUT2D eigenvalue weighted by molar-refractivity contribution is 5.85. The number of hydrogen-bond donors (Lipinski definition) is 1. The summed E-state index contributed by atoms with van der Waals surface area (Å²) in [6.45, 7) is 4.87. The van der Waals surface area contributed by atoms with E-state index < -0.39 is 0 Å². The van der Waals surface area contributed by atoms with E-state index in [1.807, 2.05) is 17.9 Å². The zero-order valence-corrected chi connectivity index (χ0v) is 13.8. The molecule has 5 heteroatoms. The summed E-state index contributed by atoms with van der Waals surface area (Å²) in [6, 6.07) is 10.4. The largest absolute Gasteiger partial charge is 0.378 e. The quantitative estimate of drug-likeness (QED) is 0.901. The van der Waals surface area contributed by atoms with Crippen LogP contribution in [0.15, 0.2) is 30.3 Å². The van der Waals surface area contributed by atoms with Crippen LogP contribution < -0.4 is 5.73 Å². The molecule has 1 aliphatic heterocycles. The monoisotopic (exact) mass is 324 g/mol. The first-order valence-electron chi connectivity index (χ1n) is 7.90. The Labute approximate surface area is 138 Å². The van der Waals surface area contributed by atoms with Crippen LogP contribution in [0.2, 0.25) is 0 Å². The molecule has 0 bridgehead atoms. The van der Waals surface area contributed by atoms with Crippen molar-refractivity contribution in [2.24, 2.45) is 17.6 Å². The van der Waals surface area contributed by atoms with Gasteiger partial charge < -0.3 is 15.4 Å². The number of halogens is 1. The van der Waals surface area contributed by atoms with Crippen molar-refractivity contribution in [3.8, 4) is 0 Å². The molecule has 0 spiro atoms. The minimum atomic E-state index is 0. The van der Waals surface area contributed by atoms with Gasteiger partial charge in [0.05, 0.1) is 12.0 Å². The Morgan fingerprint density at radius 1 is 1.32 bits per heavy atom. The Balaban J connectivity index is 0.00000176. The van der Waals surface area contributed by atoms with E-state index in [0.717, 1.165) is 19.5 Å². The van der Waals surface area contributed by atoms with Crippen LogP contribution >= 0.6 is 12.4 Å². The first kappa shape index (κ1) is 17.3. The molecule has 1 aliphatic carbocycles. The second kappa shape index (κ2) is 7.44. The Kier molecular flexibility index (Phi) is 5.84. The van der Waals surface area contributed by atoms with E-state index in [2.05, 4.69) is 24.3 Å². The Bertz CT molecular complexity index is 497. The Morgan fingerprint density at radius 3 is 2.68 bits per heavy atom. The summed E-state index contributed by atoms with van der Waals surface area (Å²) in [4.78, 5) is 14.5. The summed E-state index contributed by atoms with van der Waals surface area (Å²) in [5, 5.41) is 0. The number of amides is 1. The molecular weight excluding hydrogens is 300 g/mol. The van der Waals surface area contributed by atoms with Crippen LogP contribution in [0, 0.1) is 11.8 Å². The minimum Gasteiger partial charge on any atom is -0.378 e. The number of rotatable bonds is 5. The first-order chi connectivity index (χ1) is 10.2. The SMILES string of the molecule is CCOC1CC1C(=O)N1C[C@@H](CN)[C@H](c2ccccc2)C1.Cl. The van der Waals surface area contributed by atoms with Crippen LogP contribution in [0.5, 0.6) is 0 Å². The molecule has 1 heterocycles. The van der Waals surface area contributed by atoms with Crippen molar-refractivity contribution in [1.29, 1.82) is 0 Å². The average Bonchev–Trinajstić information content (AvgIpc) is 3.15. The fourth-order valence-corrected chi connectivity index (χ4v) is 3.43. The van der Waals surface area contributed by atoms with Gasteiger partial charge in [-0.2, -0.15) is 0 Å². The van der Waals surface area contributed by atoms with Crippen molar-refractivity contribution in [2.75, 3.05) is 26.2 Å². The molecule has 0 radical (unpaired) electrons. The maximum Gasteiger partial charge on any atom is 0.228 e. The van der Waals surface area contributed by atoms with Gasteiger partial charge in [0, 0.05) is 25.6 Å².